The van der Waals surface area contributed by atoms with Gasteiger partial charge in [-0.3, -0.25) is 4.79 Å². The number of carbonyl (C=O) groups is 1. The second-order valence-electron chi connectivity index (χ2n) is 4.94. The van der Waals surface area contributed by atoms with E-state index in [0.717, 1.165) is 19.6 Å². The molecule has 1 fully saturated rings. The van der Waals surface area contributed by atoms with Crippen LogP contribution in [0.25, 0.3) is 0 Å². The SMILES string of the molecule is COc1nccnc1C(=O)CC1CN(C)CCN1C. The van der Waals surface area contributed by atoms with Crippen LogP contribution in [0.5, 0.6) is 5.88 Å². The summed E-state index contributed by atoms with van der Waals surface area (Å²) in [5.41, 5.74) is 0.326. The van der Waals surface area contributed by atoms with E-state index in [4.69, 9.17) is 4.74 Å². The molecule has 1 aromatic heterocycles. The van der Waals surface area contributed by atoms with Crippen molar-refractivity contribution in [1.29, 1.82) is 0 Å². The van der Waals surface area contributed by atoms with Crippen LogP contribution in [0.1, 0.15) is 16.9 Å². The fourth-order valence-electron chi connectivity index (χ4n) is 2.30. The zero-order valence-electron chi connectivity index (χ0n) is 11.7. The number of rotatable bonds is 4. The Bertz CT molecular complexity index is 452. The summed E-state index contributed by atoms with van der Waals surface area (Å²) in [7, 11) is 5.63. The van der Waals surface area contributed by atoms with Gasteiger partial charge in [-0.25, -0.2) is 9.97 Å². The van der Waals surface area contributed by atoms with Crippen LogP contribution in [0.2, 0.25) is 0 Å². The monoisotopic (exact) mass is 264 g/mol. The van der Waals surface area contributed by atoms with E-state index in [0.29, 0.717) is 18.0 Å². The largest absolute Gasteiger partial charge is 0.479 e. The minimum absolute atomic E-state index is 0.0166. The number of methoxy groups -OCH3 is 1. The first kappa shape index (κ1) is 13.9. The van der Waals surface area contributed by atoms with Crippen molar-refractivity contribution in [3.63, 3.8) is 0 Å². The summed E-state index contributed by atoms with van der Waals surface area (Å²) >= 11 is 0. The zero-order valence-corrected chi connectivity index (χ0v) is 11.7. The molecule has 1 aromatic rings. The second-order valence-corrected chi connectivity index (χ2v) is 4.94. The third kappa shape index (κ3) is 3.27. The summed E-state index contributed by atoms with van der Waals surface area (Å²) in [5.74, 6) is 0.288. The predicted octanol–water partition coefficient (Wildman–Crippen LogP) is 0.304. The van der Waals surface area contributed by atoms with E-state index >= 15 is 0 Å². The summed E-state index contributed by atoms with van der Waals surface area (Å²) in [6.07, 6.45) is 3.48. The van der Waals surface area contributed by atoms with Gasteiger partial charge >= 0.3 is 0 Å². The van der Waals surface area contributed by atoms with Gasteiger partial charge in [0, 0.05) is 44.5 Å². The summed E-state index contributed by atoms with van der Waals surface area (Å²) in [6.45, 7) is 2.91. The van der Waals surface area contributed by atoms with Gasteiger partial charge in [0.25, 0.3) is 0 Å². The van der Waals surface area contributed by atoms with Crippen LogP contribution in [0.15, 0.2) is 12.4 Å². The average Bonchev–Trinajstić information content (AvgIpc) is 2.42. The molecular weight excluding hydrogens is 244 g/mol. The highest BCUT2D eigenvalue weighted by atomic mass is 16.5. The van der Waals surface area contributed by atoms with E-state index in [1.165, 1.54) is 19.5 Å². The summed E-state index contributed by atoms with van der Waals surface area (Å²) in [4.78, 5) is 24.9. The van der Waals surface area contributed by atoms with E-state index in [1.807, 2.05) is 0 Å². The molecule has 1 aliphatic rings. The van der Waals surface area contributed by atoms with E-state index in [-0.39, 0.29) is 11.8 Å². The Kier molecular flexibility index (Phi) is 4.44. The van der Waals surface area contributed by atoms with E-state index in [9.17, 15) is 4.79 Å². The molecule has 0 radical (unpaired) electrons. The average molecular weight is 264 g/mol. The number of nitrogens with zero attached hydrogens (tertiary/aromatic N) is 4. The summed E-state index contributed by atoms with van der Waals surface area (Å²) in [6, 6.07) is 0.220. The Hall–Kier alpha value is -1.53. The first-order chi connectivity index (χ1) is 9.11. The zero-order chi connectivity index (χ0) is 13.8. The van der Waals surface area contributed by atoms with Gasteiger partial charge in [0.2, 0.25) is 5.88 Å². The second kappa shape index (κ2) is 6.08. The number of Topliss-reactive ketones (excluding diaryl/α,β-unsaturated/α-hetero) is 1. The van der Waals surface area contributed by atoms with Gasteiger partial charge in [0.05, 0.1) is 7.11 Å². The van der Waals surface area contributed by atoms with Crippen LogP contribution in [-0.2, 0) is 0 Å². The molecule has 19 heavy (non-hydrogen) atoms. The molecule has 2 rings (SSSR count). The normalized spacial score (nSPS) is 21.3. The lowest BCUT2D eigenvalue weighted by Crippen LogP contribution is -2.50. The Labute approximate surface area is 113 Å². The number of ether oxygens (including phenoxy) is 1. The van der Waals surface area contributed by atoms with Crippen molar-refractivity contribution in [3.8, 4) is 5.88 Å². The van der Waals surface area contributed by atoms with Crippen molar-refractivity contribution in [2.75, 3.05) is 40.8 Å². The Morgan fingerprint density at radius 3 is 2.84 bits per heavy atom. The van der Waals surface area contributed by atoms with Crippen LogP contribution >= 0.6 is 0 Å². The Balaban J connectivity index is 2.08. The first-order valence-electron chi connectivity index (χ1n) is 6.38. The Morgan fingerprint density at radius 2 is 2.11 bits per heavy atom. The van der Waals surface area contributed by atoms with Crippen LogP contribution in [0.3, 0.4) is 0 Å². The molecule has 1 saturated heterocycles. The molecule has 6 heteroatoms. The van der Waals surface area contributed by atoms with Gasteiger partial charge in [0.1, 0.15) is 0 Å². The highest BCUT2D eigenvalue weighted by molar-refractivity contribution is 5.96. The number of carbonyl (C=O) groups excluding carboxylic acids is 1. The number of hydrogen-bond acceptors (Lipinski definition) is 6. The summed E-state index contributed by atoms with van der Waals surface area (Å²) < 4.78 is 5.09. The number of ketones is 1. The lowest BCUT2D eigenvalue weighted by molar-refractivity contribution is 0.0802. The van der Waals surface area contributed by atoms with Gasteiger partial charge in [-0.05, 0) is 14.1 Å². The van der Waals surface area contributed by atoms with E-state index < -0.39 is 0 Å². The highest BCUT2D eigenvalue weighted by Crippen LogP contribution is 2.17. The minimum Gasteiger partial charge on any atom is -0.479 e. The van der Waals surface area contributed by atoms with Crippen LogP contribution < -0.4 is 4.74 Å². The van der Waals surface area contributed by atoms with Crippen molar-refractivity contribution in [2.24, 2.45) is 0 Å². The molecule has 6 nitrogen and oxygen atoms in total. The molecule has 0 spiro atoms. The van der Waals surface area contributed by atoms with Gasteiger partial charge in [0.15, 0.2) is 11.5 Å². The molecule has 0 amide bonds. The van der Waals surface area contributed by atoms with Gasteiger partial charge in [-0.15, -0.1) is 0 Å². The third-order valence-electron chi connectivity index (χ3n) is 3.52. The lowest BCUT2D eigenvalue weighted by atomic mass is 10.0. The fourth-order valence-corrected chi connectivity index (χ4v) is 2.30. The van der Waals surface area contributed by atoms with Crippen LogP contribution in [-0.4, -0.2) is 72.4 Å². The molecule has 0 bridgehead atoms. The van der Waals surface area contributed by atoms with Gasteiger partial charge < -0.3 is 14.5 Å². The molecule has 1 atom stereocenters. The molecule has 104 valence electrons. The maximum Gasteiger partial charge on any atom is 0.243 e. The topological polar surface area (TPSA) is 58.6 Å². The van der Waals surface area contributed by atoms with Crippen molar-refractivity contribution >= 4 is 5.78 Å². The van der Waals surface area contributed by atoms with Crippen molar-refractivity contribution < 1.29 is 9.53 Å². The van der Waals surface area contributed by atoms with E-state index in [2.05, 4.69) is 33.9 Å². The molecule has 0 saturated carbocycles. The maximum atomic E-state index is 12.3. The quantitative estimate of drug-likeness (QED) is 0.729. The predicted molar refractivity (Wildman–Crippen MR) is 71.4 cm³/mol. The Morgan fingerprint density at radius 1 is 1.37 bits per heavy atom. The van der Waals surface area contributed by atoms with Crippen molar-refractivity contribution in [3.05, 3.63) is 18.1 Å². The highest BCUT2D eigenvalue weighted by Gasteiger charge is 2.26. The summed E-state index contributed by atoms with van der Waals surface area (Å²) in [5, 5.41) is 0. The number of likely N-dealkylation sites (N-methyl/N-ethyl adjacent to an activating group) is 2. The number of aromatic nitrogens is 2. The van der Waals surface area contributed by atoms with Gasteiger partial charge in [-0.1, -0.05) is 0 Å². The molecule has 1 unspecified atom stereocenters. The van der Waals surface area contributed by atoms with Crippen LogP contribution in [0.4, 0.5) is 0 Å². The number of hydrogen-bond donors (Lipinski definition) is 0. The molecule has 1 aliphatic heterocycles. The minimum atomic E-state index is -0.0166. The fraction of sp³-hybridized carbons (Fsp3) is 0.615. The van der Waals surface area contributed by atoms with Crippen molar-refractivity contribution in [2.45, 2.75) is 12.5 Å². The molecular formula is C13H20N4O2. The molecule has 2 heterocycles. The first-order valence-corrected chi connectivity index (χ1v) is 6.38. The van der Waals surface area contributed by atoms with Crippen LogP contribution in [0, 0.1) is 0 Å². The molecule has 0 N–H and O–H groups in total. The van der Waals surface area contributed by atoms with E-state index in [1.54, 1.807) is 0 Å². The van der Waals surface area contributed by atoms with Gasteiger partial charge in [-0.2, -0.15) is 0 Å². The van der Waals surface area contributed by atoms with Crippen molar-refractivity contribution in [1.82, 2.24) is 19.8 Å². The number of piperazine rings is 1. The molecule has 0 aromatic carbocycles. The molecule has 0 aliphatic carbocycles. The standard InChI is InChI=1S/C13H20N4O2/c1-16-6-7-17(2)10(9-16)8-11(18)12-13(19-3)15-5-4-14-12/h4-5,10H,6-9H2,1-3H3. The smallest absolute Gasteiger partial charge is 0.243 e. The lowest BCUT2D eigenvalue weighted by Gasteiger charge is -2.37. The maximum absolute atomic E-state index is 12.3. The third-order valence-corrected chi connectivity index (χ3v) is 3.52.